The van der Waals surface area contributed by atoms with Crippen LogP contribution in [0.1, 0.15) is 32.6 Å². The van der Waals surface area contributed by atoms with Crippen LogP contribution in [-0.4, -0.2) is 61.8 Å². The van der Waals surface area contributed by atoms with Gasteiger partial charge in [0, 0.05) is 32.3 Å². The summed E-state index contributed by atoms with van der Waals surface area (Å²) in [7, 11) is 4.09. The van der Waals surface area contributed by atoms with E-state index >= 15 is 0 Å². The van der Waals surface area contributed by atoms with Crippen LogP contribution in [0.2, 0.25) is 0 Å². The molecule has 3 heteroatoms. The molecule has 94 valence electrons. The largest absolute Gasteiger partial charge is 0.379 e. The van der Waals surface area contributed by atoms with Crippen LogP contribution in [0.5, 0.6) is 0 Å². The molecular weight excluding hydrogens is 200 g/mol. The molecule has 0 atom stereocenters. The minimum absolute atomic E-state index is 0.510. The monoisotopic (exact) mass is 226 g/mol. The summed E-state index contributed by atoms with van der Waals surface area (Å²) in [5.41, 5.74) is 0. The summed E-state index contributed by atoms with van der Waals surface area (Å²) in [6.45, 7) is 5.76. The third-order valence-corrected chi connectivity index (χ3v) is 4.51. The second kappa shape index (κ2) is 5.48. The van der Waals surface area contributed by atoms with Gasteiger partial charge in [0.25, 0.3) is 0 Å². The number of rotatable bonds is 4. The van der Waals surface area contributed by atoms with Gasteiger partial charge >= 0.3 is 0 Å². The zero-order valence-corrected chi connectivity index (χ0v) is 11.0. The van der Waals surface area contributed by atoms with Crippen LogP contribution in [0.25, 0.3) is 0 Å². The van der Waals surface area contributed by atoms with E-state index in [0.29, 0.717) is 6.10 Å². The van der Waals surface area contributed by atoms with Crippen LogP contribution in [0.3, 0.4) is 0 Å². The molecule has 2 rings (SSSR count). The van der Waals surface area contributed by atoms with E-state index in [1.807, 2.05) is 7.11 Å². The lowest BCUT2D eigenvalue weighted by Crippen LogP contribution is -2.57. The molecule has 0 N–H and O–H groups in total. The maximum atomic E-state index is 5.33. The maximum Gasteiger partial charge on any atom is 0.0825 e. The fourth-order valence-corrected chi connectivity index (χ4v) is 3.04. The van der Waals surface area contributed by atoms with Crippen molar-refractivity contribution in [2.75, 3.05) is 33.8 Å². The predicted molar refractivity (Wildman–Crippen MR) is 66.7 cm³/mol. The van der Waals surface area contributed by atoms with Gasteiger partial charge in [0.1, 0.15) is 0 Å². The summed E-state index contributed by atoms with van der Waals surface area (Å²) >= 11 is 0. The lowest BCUT2D eigenvalue weighted by Gasteiger charge is -2.46. The summed E-state index contributed by atoms with van der Waals surface area (Å²) in [6.07, 6.45) is 6.03. The Morgan fingerprint density at radius 2 is 1.81 bits per heavy atom. The topological polar surface area (TPSA) is 15.7 Å². The van der Waals surface area contributed by atoms with Gasteiger partial charge in [0.05, 0.1) is 6.10 Å². The molecule has 1 aliphatic heterocycles. The van der Waals surface area contributed by atoms with Crippen LogP contribution < -0.4 is 0 Å². The lowest BCUT2D eigenvalue weighted by atomic mass is 9.87. The molecule has 0 amide bonds. The fourth-order valence-electron chi connectivity index (χ4n) is 3.04. The van der Waals surface area contributed by atoms with Gasteiger partial charge in [-0.1, -0.05) is 6.92 Å². The average Bonchev–Trinajstić information content (AvgIpc) is 2.27. The Balaban J connectivity index is 1.70. The second-order valence-corrected chi connectivity index (χ2v) is 5.35. The van der Waals surface area contributed by atoms with Crippen molar-refractivity contribution >= 4 is 0 Å². The smallest absolute Gasteiger partial charge is 0.0825 e. The van der Waals surface area contributed by atoms with Crippen LogP contribution in [0, 0.1) is 0 Å². The molecule has 16 heavy (non-hydrogen) atoms. The first kappa shape index (κ1) is 12.3. The molecule has 2 fully saturated rings. The quantitative estimate of drug-likeness (QED) is 0.724. The molecule has 1 saturated carbocycles. The molecule has 0 unspecified atom stereocenters. The summed E-state index contributed by atoms with van der Waals surface area (Å²) in [5.74, 6) is 0. The van der Waals surface area contributed by atoms with Gasteiger partial charge in [-0.3, -0.25) is 4.90 Å². The van der Waals surface area contributed by atoms with Gasteiger partial charge in [-0.15, -0.1) is 0 Å². The second-order valence-electron chi connectivity index (χ2n) is 5.35. The van der Waals surface area contributed by atoms with Crippen molar-refractivity contribution in [3.8, 4) is 0 Å². The lowest BCUT2D eigenvalue weighted by molar-refractivity contribution is -0.0606. The van der Waals surface area contributed by atoms with E-state index in [1.165, 1.54) is 32.2 Å². The number of nitrogens with zero attached hydrogens (tertiary/aromatic N) is 2. The summed E-state index contributed by atoms with van der Waals surface area (Å²) in [4.78, 5) is 5.11. The Bertz CT molecular complexity index is 208. The SMILES string of the molecule is CCN(C)[C@H]1CC[C@H](N2CC(OC)C2)CC1. The van der Waals surface area contributed by atoms with Crippen molar-refractivity contribution in [1.29, 1.82) is 0 Å². The molecule has 1 heterocycles. The van der Waals surface area contributed by atoms with Crippen molar-refractivity contribution in [2.24, 2.45) is 0 Å². The Morgan fingerprint density at radius 1 is 1.19 bits per heavy atom. The van der Waals surface area contributed by atoms with Gasteiger partial charge in [-0.2, -0.15) is 0 Å². The number of hydrogen-bond acceptors (Lipinski definition) is 3. The number of likely N-dealkylation sites (tertiary alicyclic amines) is 1. The van der Waals surface area contributed by atoms with Gasteiger partial charge < -0.3 is 9.64 Å². The van der Waals surface area contributed by atoms with E-state index in [2.05, 4.69) is 23.8 Å². The number of methoxy groups -OCH3 is 1. The molecule has 0 spiro atoms. The van der Waals surface area contributed by atoms with Crippen LogP contribution >= 0.6 is 0 Å². The average molecular weight is 226 g/mol. The molecule has 3 nitrogen and oxygen atoms in total. The highest BCUT2D eigenvalue weighted by Gasteiger charge is 2.34. The highest BCUT2D eigenvalue weighted by molar-refractivity contribution is 4.90. The van der Waals surface area contributed by atoms with Gasteiger partial charge in [0.2, 0.25) is 0 Å². The highest BCUT2D eigenvalue weighted by Crippen LogP contribution is 2.29. The Labute approximate surface area is 99.7 Å². The van der Waals surface area contributed by atoms with Gasteiger partial charge in [0.15, 0.2) is 0 Å². The molecule has 0 aromatic heterocycles. The first-order chi connectivity index (χ1) is 7.74. The van der Waals surface area contributed by atoms with E-state index in [0.717, 1.165) is 25.2 Å². The zero-order valence-electron chi connectivity index (χ0n) is 11.0. The molecular formula is C13H26N2O. The first-order valence-electron chi connectivity index (χ1n) is 6.71. The van der Waals surface area contributed by atoms with Crippen LogP contribution in [0.4, 0.5) is 0 Å². The van der Waals surface area contributed by atoms with Crippen molar-refractivity contribution in [1.82, 2.24) is 9.80 Å². The molecule has 0 radical (unpaired) electrons. The third-order valence-electron chi connectivity index (χ3n) is 4.51. The highest BCUT2D eigenvalue weighted by atomic mass is 16.5. The van der Waals surface area contributed by atoms with E-state index in [4.69, 9.17) is 4.74 Å². The molecule has 0 aromatic carbocycles. The van der Waals surface area contributed by atoms with Crippen molar-refractivity contribution < 1.29 is 4.74 Å². The standard InChI is InChI=1S/C13H26N2O/c1-4-14(2)11-5-7-12(8-6-11)15-9-13(10-15)16-3/h11-13H,4-10H2,1-3H3/t11-,12-. The van der Waals surface area contributed by atoms with Crippen LogP contribution in [-0.2, 0) is 4.74 Å². The number of ether oxygens (including phenoxy) is 1. The predicted octanol–water partition coefficient (Wildman–Crippen LogP) is 1.58. The molecule has 0 bridgehead atoms. The molecule has 2 aliphatic rings. The van der Waals surface area contributed by atoms with Gasteiger partial charge in [-0.05, 0) is 39.3 Å². The molecule has 1 saturated heterocycles. The molecule has 1 aliphatic carbocycles. The van der Waals surface area contributed by atoms with Gasteiger partial charge in [-0.25, -0.2) is 0 Å². The fraction of sp³-hybridized carbons (Fsp3) is 1.00. The Morgan fingerprint density at radius 3 is 2.31 bits per heavy atom. The molecule has 0 aromatic rings. The van der Waals surface area contributed by atoms with Crippen molar-refractivity contribution in [3.63, 3.8) is 0 Å². The van der Waals surface area contributed by atoms with E-state index in [-0.39, 0.29) is 0 Å². The number of hydrogen-bond donors (Lipinski definition) is 0. The van der Waals surface area contributed by atoms with Crippen molar-refractivity contribution in [3.05, 3.63) is 0 Å². The minimum Gasteiger partial charge on any atom is -0.379 e. The first-order valence-corrected chi connectivity index (χ1v) is 6.71. The summed E-state index contributed by atoms with van der Waals surface area (Å²) in [5, 5.41) is 0. The Kier molecular flexibility index (Phi) is 4.22. The van der Waals surface area contributed by atoms with E-state index in [9.17, 15) is 0 Å². The minimum atomic E-state index is 0.510. The van der Waals surface area contributed by atoms with E-state index < -0.39 is 0 Å². The zero-order chi connectivity index (χ0) is 11.5. The van der Waals surface area contributed by atoms with Crippen molar-refractivity contribution in [2.45, 2.75) is 50.8 Å². The maximum absolute atomic E-state index is 5.33. The van der Waals surface area contributed by atoms with E-state index in [1.54, 1.807) is 0 Å². The normalized spacial score (nSPS) is 33.0. The van der Waals surface area contributed by atoms with Crippen LogP contribution in [0.15, 0.2) is 0 Å². The third kappa shape index (κ3) is 2.58. The summed E-state index contributed by atoms with van der Waals surface area (Å²) in [6, 6.07) is 1.67. The summed E-state index contributed by atoms with van der Waals surface area (Å²) < 4.78 is 5.33. The Hall–Kier alpha value is -0.120.